The third kappa shape index (κ3) is 11.2. The molecule has 0 aliphatic heterocycles. The van der Waals surface area contributed by atoms with Gasteiger partial charge in [-0.25, -0.2) is 0 Å². The van der Waals surface area contributed by atoms with Crippen molar-refractivity contribution in [2.24, 2.45) is 0 Å². The lowest BCUT2D eigenvalue weighted by atomic mass is 10.1. The molecule has 0 atom stereocenters. The fourth-order valence-corrected chi connectivity index (χ4v) is 6.41. The molecule has 4 N–H and O–H groups in total. The summed E-state index contributed by atoms with van der Waals surface area (Å²) in [5.41, 5.74) is 1.99. The number of aromatic hydroxyl groups is 2. The fourth-order valence-electron chi connectivity index (χ4n) is 4.90. The van der Waals surface area contributed by atoms with Gasteiger partial charge in [-0.3, -0.25) is 19.6 Å². The zero-order valence-electron chi connectivity index (χ0n) is 26.6. The number of thiazole rings is 2. The van der Waals surface area contributed by atoms with Gasteiger partial charge in [0.05, 0.1) is 36.2 Å². The van der Waals surface area contributed by atoms with Crippen LogP contribution in [-0.2, 0) is 12.8 Å². The molecule has 3 aromatic carbocycles. The Labute approximate surface area is 286 Å². The summed E-state index contributed by atoms with van der Waals surface area (Å²) in [5.74, 6) is 3.07. The summed E-state index contributed by atoms with van der Waals surface area (Å²) in [6.45, 7) is 2.49. The Kier molecular flexibility index (Phi) is 13.0. The lowest BCUT2D eigenvalue weighted by Crippen LogP contribution is -2.02. The van der Waals surface area contributed by atoms with E-state index in [1.165, 1.54) is 0 Å². The van der Waals surface area contributed by atoms with Gasteiger partial charge in [0.15, 0.2) is 0 Å². The summed E-state index contributed by atoms with van der Waals surface area (Å²) in [7, 11) is 0. The summed E-state index contributed by atoms with van der Waals surface area (Å²) >= 11 is 2.04. The normalized spacial score (nSPS) is 11.0. The summed E-state index contributed by atoms with van der Waals surface area (Å²) in [4.78, 5) is 28.2. The number of hydrogen-bond acceptors (Lipinski definition) is 10. The molecule has 0 saturated carbocycles. The van der Waals surface area contributed by atoms with Crippen LogP contribution >= 0.6 is 22.7 Å². The van der Waals surface area contributed by atoms with E-state index < -0.39 is 0 Å². The van der Waals surface area contributed by atoms with Crippen LogP contribution in [0.4, 0.5) is 0 Å². The van der Waals surface area contributed by atoms with Crippen LogP contribution in [0.2, 0.25) is 0 Å². The van der Waals surface area contributed by atoms with Crippen molar-refractivity contribution in [1.82, 2.24) is 9.97 Å². The minimum atomic E-state index is -0.256. The van der Waals surface area contributed by atoms with Crippen molar-refractivity contribution in [3.8, 4) is 34.8 Å². The van der Waals surface area contributed by atoms with Gasteiger partial charge in [-0.1, -0.05) is 53.0 Å². The van der Waals surface area contributed by atoms with E-state index in [1.807, 2.05) is 72.8 Å². The topological polar surface area (TPSA) is 143 Å². The molecule has 0 spiro atoms. The highest BCUT2D eigenvalue weighted by molar-refractivity contribution is 7.09. The number of aromatic amines is 2. The third-order valence-electron chi connectivity index (χ3n) is 7.43. The number of hydrogen-bond donors (Lipinski definition) is 4. The van der Waals surface area contributed by atoms with Gasteiger partial charge in [-0.05, 0) is 86.1 Å². The van der Waals surface area contributed by atoms with Gasteiger partial charge in [-0.2, -0.15) is 0 Å². The van der Waals surface area contributed by atoms with Gasteiger partial charge in [0, 0.05) is 18.9 Å². The molecule has 0 unspecified atom stereocenters. The van der Waals surface area contributed by atoms with Crippen molar-refractivity contribution < 1.29 is 29.2 Å². The smallest absolute Gasteiger partial charge is 0.307 e. The Hall–Kier alpha value is -4.68. The number of nitrogens with one attached hydrogen (secondary N) is 2. The van der Waals surface area contributed by atoms with Crippen LogP contribution in [0.25, 0.3) is 0 Å². The minimum Gasteiger partial charge on any atom is -0.494 e. The first kappa shape index (κ1) is 34.6. The molecule has 10 nitrogen and oxygen atoms in total. The van der Waals surface area contributed by atoms with Gasteiger partial charge in [0.2, 0.25) is 11.8 Å². The van der Waals surface area contributed by atoms with Crippen molar-refractivity contribution >= 4 is 22.7 Å². The van der Waals surface area contributed by atoms with E-state index >= 15 is 0 Å². The molecule has 0 amide bonds. The molecule has 0 bridgehead atoms. The van der Waals surface area contributed by atoms with Gasteiger partial charge in [0.25, 0.3) is 0 Å². The SMILES string of the molecule is O=c1[nH]c(O)c(Cc2ccc(OCCCCCOc3cccc(OCCCCCOc4ccc(Cc5sc(=O)[nH]c5O)cc4)c3)cc2)s1. The highest BCUT2D eigenvalue weighted by atomic mass is 32.1. The number of rotatable bonds is 20. The van der Waals surface area contributed by atoms with E-state index in [1.54, 1.807) is 0 Å². The van der Waals surface area contributed by atoms with Crippen LogP contribution in [0.3, 0.4) is 0 Å². The average molecular weight is 693 g/mol. The molecule has 0 radical (unpaired) electrons. The van der Waals surface area contributed by atoms with Crippen molar-refractivity contribution in [3.63, 3.8) is 0 Å². The van der Waals surface area contributed by atoms with Gasteiger partial charge >= 0.3 is 9.75 Å². The van der Waals surface area contributed by atoms with E-state index in [0.29, 0.717) is 49.0 Å². The Morgan fingerprint density at radius 1 is 0.500 bits per heavy atom. The average Bonchev–Trinajstić information content (AvgIpc) is 3.58. The number of benzene rings is 3. The minimum absolute atomic E-state index is 0.0578. The Morgan fingerprint density at radius 3 is 1.23 bits per heavy atom. The molecular formula is C36H40N2O8S2. The summed E-state index contributed by atoms with van der Waals surface area (Å²) in [5, 5.41) is 19.5. The zero-order valence-corrected chi connectivity index (χ0v) is 28.2. The lowest BCUT2D eigenvalue weighted by molar-refractivity contribution is 0.272. The third-order valence-corrected chi connectivity index (χ3v) is 9.18. The monoisotopic (exact) mass is 692 g/mol. The second-order valence-corrected chi connectivity index (χ2v) is 13.3. The number of aromatic nitrogens is 2. The van der Waals surface area contributed by atoms with Gasteiger partial charge in [0.1, 0.15) is 23.0 Å². The zero-order chi connectivity index (χ0) is 33.6. The first-order valence-electron chi connectivity index (χ1n) is 16.0. The summed E-state index contributed by atoms with van der Waals surface area (Å²) in [6.07, 6.45) is 6.65. The van der Waals surface area contributed by atoms with Crippen molar-refractivity contribution in [2.45, 2.75) is 51.4 Å². The second kappa shape index (κ2) is 18.0. The Balaban J connectivity index is 0.875. The quantitative estimate of drug-likeness (QED) is 0.0637. The maximum absolute atomic E-state index is 11.4. The molecule has 5 aromatic rings. The molecule has 2 aromatic heterocycles. The first-order valence-corrected chi connectivity index (χ1v) is 17.7. The fraction of sp³-hybridized carbons (Fsp3) is 0.333. The maximum atomic E-state index is 11.4. The van der Waals surface area contributed by atoms with Crippen LogP contribution in [0.1, 0.15) is 59.4 Å². The van der Waals surface area contributed by atoms with Crippen molar-refractivity contribution in [2.75, 3.05) is 26.4 Å². The molecule has 12 heteroatoms. The van der Waals surface area contributed by atoms with E-state index in [2.05, 4.69) is 9.97 Å². The van der Waals surface area contributed by atoms with E-state index in [4.69, 9.17) is 18.9 Å². The summed E-state index contributed by atoms with van der Waals surface area (Å²) < 4.78 is 23.6. The molecule has 2 heterocycles. The molecule has 254 valence electrons. The lowest BCUT2D eigenvalue weighted by Gasteiger charge is -2.10. The standard InChI is InChI=1S/C36H40N2O8S2/c39-33-31(47-35(41)37-33)22-25-10-14-27(15-11-25)43-18-3-1-5-20-45-29-8-7-9-30(24-29)46-21-6-2-4-19-44-28-16-12-26(13-17-28)23-32-34(40)38-36(42)48-32/h7-17,24,39-40H,1-6,18-23H2,(H,37,41)(H,38,42). The highest BCUT2D eigenvalue weighted by Gasteiger charge is 2.09. The molecule has 0 aliphatic carbocycles. The first-order chi connectivity index (χ1) is 23.4. The van der Waals surface area contributed by atoms with Gasteiger partial charge < -0.3 is 29.2 Å². The van der Waals surface area contributed by atoms with Crippen LogP contribution in [0.5, 0.6) is 34.8 Å². The maximum Gasteiger partial charge on any atom is 0.307 e. The molecule has 0 aliphatic rings. The highest BCUT2D eigenvalue weighted by Crippen LogP contribution is 2.24. The molecule has 5 rings (SSSR count). The van der Waals surface area contributed by atoms with Gasteiger partial charge in [-0.15, -0.1) is 0 Å². The number of unbranched alkanes of at least 4 members (excludes halogenated alkanes) is 4. The van der Waals surface area contributed by atoms with Crippen LogP contribution < -0.4 is 28.7 Å². The number of H-pyrrole nitrogens is 2. The predicted molar refractivity (Wildman–Crippen MR) is 188 cm³/mol. The van der Waals surface area contributed by atoms with Crippen LogP contribution in [0.15, 0.2) is 82.4 Å². The van der Waals surface area contributed by atoms with Crippen LogP contribution in [-0.4, -0.2) is 46.6 Å². The predicted octanol–water partition coefficient (Wildman–Crippen LogP) is 7.04. The Morgan fingerprint density at radius 2 is 0.875 bits per heavy atom. The molecular weight excluding hydrogens is 653 g/mol. The Bertz CT molecular complexity index is 1680. The largest absolute Gasteiger partial charge is 0.494 e. The van der Waals surface area contributed by atoms with E-state index in [0.717, 1.165) is 95.3 Å². The second-order valence-electron chi connectivity index (χ2n) is 11.2. The van der Waals surface area contributed by atoms with Crippen molar-refractivity contribution in [1.29, 1.82) is 0 Å². The van der Waals surface area contributed by atoms with Crippen LogP contribution in [0, 0.1) is 0 Å². The molecule has 0 fully saturated rings. The molecule has 48 heavy (non-hydrogen) atoms. The van der Waals surface area contributed by atoms with E-state index in [-0.39, 0.29) is 21.5 Å². The number of ether oxygens (including phenoxy) is 4. The molecule has 0 saturated heterocycles. The van der Waals surface area contributed by atoms with E-state index in [9.17, 15) is 19.8 Å². The van der Waals surface area contributed by atoms with Crippen molar-refractivity contribution in [3.05, 3.63) is 113 Å². The summed E-state index contributed by atoms with van der Waals surface area (Å²) in [6, 6.07) is 23.1.